The van der Waals surface area contributed by atoms with Crippen LogP contribution in [0.3, 0.4) is 0 Å². The summed E-state index contributed by atoms with van der Waals surface area (Å²) in [4.78, 5) is 0. The first-order valence-electron chi connectivity index (χ1n) is 5.89. The van der Waals surface area contributed by atoms with Gasteiger partial charge in [0.05, 0.1) is 11.1 Å². The average Bonchev–Trinajstić information content (AvgIpc) is 2.44. The van der Waals surface area contributed by atoms with Crippen molar-refractivity contribution >= 4 is 0 Å². The monoisotopic (exact) mass is 236 g/mol. The van der Waals surface area contributed by atoms with Crippen molar-refractivity contribution in [3.05, 3.63) is 59.7 Å². The summed E-state index contributed by atoms with van der Waals surface area (Å²) in [6.45, 7) is 1.04. The van der Waals surface area contributed by atoms with Gasteiger partial charge in [-0.05, 0) is 24.3 Å². The van der Waals surface area contributed by atoms with Crippen LogP contribution in [0.25, 0.3) is 0 Å². The second-order valence-corrected chi connectivity index (χ2v) is 3.94. The van der Waals surface area contributed by atoms with Gasteiger partial charge in [0.25, 0.3) is 0 Å². The van der Waals surface area contributed by atoms with Crippen LogP contribution in [0.2, 0.25) is 0 Å². The molecule has 88 valence electrons. The minimum atomic E-state index is 0.521. The molecule has 0 saturated carbocycles. The van der Waals surface area contributed by atoms with Crippen molar-refractivity contribution in [1.82, 2.24) is 0 Å². The van der Waals surface area contributed by atoms with E-state index in [0.717, 1.165) is 22.6 Å². The van der Waals surface area contributed by atoms with E-state index in [2.05, 4.69) is 11.8 Å². The van der Waals surface area contributed by atoms with Gasteiger partial charge in [-0.1, -0.05) is 36.1 Å². The van der Waals surface area contributed by atoms with Crippen molar-refractivity contribution in [2.45, 2.75) is 0 Å². The van der Waals surface area contributed by atoms with Crippen molar-refractivity contribution in [2.24, 2.45) is 0 Å². The van der Waals surface area contributed by atoms with Crippen LogP contribution in [0.1, 0.15) is 11.1 Å². The van der Waals surface area contributed by atoms with Crippen LogP contribution in [0, 0.1) is 11.8 Å². The number of para-hydroxylation sites is 2. The molecule has 0 fully saturated rings. The predicted molar refractivity (Wildman–Crippen MR) is 69.9 cm³/mol. The Morgan fingerprint density at radius 1 is 0.667 bits per heavy atom. The van der Waals surface area contributed by atoms with Gasteiger partial charge >= 0.3 is 0 Å². The Kier molecular flexibility index (Phi) is 2.89. The summed E-state index contributed by atoms with van der Waals surface area (Å²) < 4.78 is 11.3. The zero-order valence-corrected chi connectivity index (χ0v) is 9.85. The molecular weight excluding hydrogens is 224 g/mol. The first kappa shape index (κ1) is 10.7. The first-order chi connectivity index (χ1) is 8.93. The maximum absolute atomic E-state index is 5.65. The van der Waals surface area contributed by atoms with Crippen LogP contribution in [-0.2, 0) is 0 Å². The fourth-order valence-electron chi connectivity index (χ4n) is 1.83. The summed E-state index contributed by atoms with van der Waals surface area (Å²) in [7, 11) is 0. The van der Waals surface area contributed by atoms with E-state index < -0.39 is 0 Å². The number of fused-ring (bicyclic) bond motifs is 2. The Morgan fingerprint density at radius 2 is 1.11 bits per heavy atom. The molecule has 2 heteroatoms. The molecule has 0 unspecified atom stereocenters. The molecule has 0 radical (unpaired) electrons. The molecule has 0 bridgehead atoms. The predicted octanol–water partition coefficient (Wildman–Crippen LogP) is 2.86. The highest BCUT2D eigenvalue weighted by Crippen LogP contribution is 2.20. The molecule has 0 saturated heterocycles. The lowest BCUT2D eigenvalue weighted by atomic mass is 10.1. The fourth-order valence-corrected chi connectivity index (χ4v) is 1.83. The second-order valence-electron chi connectivity index (χ2n) is 3.94. The largest absolute Gasteiger partial charge is 0.489 e. The summed E-state index contributed by atoms with van der Waals surface area (Å²) in [5.41, 5.74) is 1.82. The molecule has 3 rings (SSSR count). The summed E-state index contributed by atoms with van der Waals surface area (Å²) in [6.07, 6.45) is 0. The Labute approximate surface area is 106 Å². The number of benzene rings is 2. The third kappa shape index (κ3) is 2.16. The Balaban J connectivity index is 2.09. The van der Waals surface area contributed by atoms with Crippen LogP contribution in [0.4, 0.5) is 0 Å². The lowest BCUT2D eigenvalue weighted by molar-refractivity contribution is 0.216. The Hall–Kier alpha value is -2.40. The fraction of sp³-hybridized carbons (Fsp3) is 0.125. The minimum Gasteiger partial charge on any atom is -0.489 e. The van der Waals surface area contributed by atoms with Gasteiger partial charge in [-0.25, -0.2) is 0 Å². The van der Waals surface area contributed by atoms with Crippen LogP contribution < -0.4 is 9.47 Å². The molecule has 0 atom stereocenters. The molecule has 2 aromatic carbocycles. The van der Waals surface area contributed by atoms with E-state index in [4.69, 9.17) is 9.47 Å². The molecule has 0 amide bonds. The van der Waals surface area contributed by atoms with Gasteiger partial charge in [0.1, 0.15) is 24.7 Å². The van der Waals surface area contributed by atoms with Gasteiger partial charge in [-0.2, -0.15) is 0 Å². The van der Waals surface area contributed by atoms with E-state index >= 15 is 0 Å². The highest BCUT2D eigenvalue weighted by atomic mass is 16.5. The first-order valence-corrected chi connectivity index (χ1v) is 5.89. The van der Waals surface area contributed by atoms with Crippen molar-refractivity contribution in [3.8, 4) is 23.3 Å². The van der Waals surface area contributed by atoms with Gasteiger partial charge < -0.3 is 9.47 Å². The standard InChI is InChI=1S/C16H12O2/c1-3-7-15-13(5-1)9-10-14-6-2-4-8-16(14)18-12-11-17-15/h1-8H,11-12H2. The quantitative estimate of drug-likeness (QED) is 0.655. The van der Waals surface area contributed by atoms with E-state index in [1.165, 1.54) is 0 Å². The van der Waals surface area contributed by atoms with Gasteiger partial charge in [-0.3, -0.25) is 0 Å². The van der Waals surface area contributed by atoms with Gasteiger partial charge in [0.15, 0.2) is 0 Å². The third-order valence-electron chi connectivity index (χ3n) is 2.70. The number of ether oxygens (including phenoxy) is 2. The van der Waals surface area contributed by atoms with Crippen LogP contribution in [0.5, 0.6) is 11.5 Å². The highest BCUT2D eigenvalue weighted by Gasteiger charge is 2.05. The van der Waals surface area contributed by atoms with E-state index in [9.17, 15) is 0 Å². The maximum Gasteiger partial charge on any atom is 0.135 e. The van der Waals surface area contributed by atoms with Crippen molar-refractivity contribution in [2.75, 3.05) is 13.2 Å². The van der Waals surface area contributed by atoms with E-state index in [1.807, 2.05) is 48.5 Å². The summed E-state index contributed by atoms with van der Waals surface area (Å²) in [5, 5.41) is 0. The Morgan fingerprint density at radius 3 is 1.61 bits per heavy atom. The maximum atomic E-state index is 5.65. The lowest BCUT2D eigenvalue weighted by Gasteiger charge is -2.12. The van der Waals surface area contributed by atoms with Crippen LogP contribution in [0.15, 0.2) is 48.5 Å². The van der Waals surface area contributed by atoms with Crippen molar-refractivity contribution in [3.63, 3.8) is 0 Å². The van der Waals surface area contributed by atoms with Crippen LogP contribution >= 0.6 is 0 Å². The highest BCUT2D eigenvalue weighted by molar-refractivity contribution is 5.53. The molecule has 2 aromatic rings. The normalized spacial score (nSPS) is 12.9. The minimum absolute atomic E-state index is 0.521. The molecular formula is C16H12O2. The molecule has 0 N–H and O–H groups in total. The average molecular weight is 236 g/mol. The molecule has 0 aromatic heterocycles. The Bertz CT molecular complexity index is 567. The molecule has 0 aliphatic carbocycles. The van der Waals surface area contributed by atoms with Gasteiger partial charge in [-0.15, -0.1) is 0 Å². The van der Waals surface area contributed by atoms with E-state index in [1.54, 1.807) is 0 Å². The summed E-state index contributed by atoms with van der Waals surface area (Å²) in [5.74, 6) is 7.89. The number of rotatable bonds is 0. The molecule has 1 aliphatic heterocycles. The van der Waals surface area contributed by atoms with Crippen molar-refractivity contribution in [1.29, 1.82) is 0 Å². The molecule has 1 aliphatic rings. The molecule has 1 heterocycles. The number of hydrogen-bond acceptors (Lipinski definition) is 2. The van der Waals surface area contributed by atoms with E-state index in [-0.39, 0.29) is 0 Å². The van der Waals surface area contributed by atoms with Crippen LogP contribution in [-0.4, -0.2) is 13.2 Å². The molecule has 0 spiro atoms. The van der Waals surface area contributed by atoms with E-state index in [0.29, 0.717) is 13.2 Å². The zero-order valence-electron chi connectivity index (χ0n) is 9.85. The summed E-state index contributed by atoms with van der Waals surface area (Å²) >= 11 is 0. The molecule has 18 heavy (non-hydrogen) atoms. The zero-order chi connectivity index (χ0) is 12.2. The summed E-state index contributed by atoms with van der Waals surface area (Å²) in [6, 6.07) is 15.6. The van der Waals surface area contributed by atoms with Gasteiger partial charge in [0, 0.05) is 0 Å². The number of hydrogen-bond donors (Lipinski definition) is 0. The second kappa shape index (κ2) is 4.85. The smallest absolute Gasteiger partial charge is 0.135 e. The topological polar surface area (TPSA) is 18.5 Å². The molecule has 2 nitrogen and oxygen atoms in total. The third-order valence-corrected chi connectivity index (χ3v) is 2.70. The lowest BCUT2D eigenvalue weighted by Crippen LogP contribution is -2.10. The SMILES string of the molecule is C1#Cc2ccccc2OCCOc2ccccc21. The van der Waals surface area contributed by atoms with Gasteiger partial charge in [0.2, 0.25) is 0 Å². The van der Waals surface area contributed by atoms with Crippen molar-refractivity contribution < 1.29 is 9.47 Å².